The number of nitrogens with two attached hydrogens (primary N) is 1. The van der Waals surface area contributed by atoms with Crippen molar-refractivity contribution in [1.29, 1.82) is 0 Å². The maximum atomic E-state index is 12.2. The zero-order chi connectivity index (χ0) is 14.5. The summed E-state index contributed by atoms with van der Waals surface area (Å²) in [6.07, 6.45) is -0.846. The van der Waals surface area contributed by atoms with E-state index in [4.69, 9.17) is 5.73 Å². The fourth-order valence-corrected chi connectivity index (χ4v) is 2.26. The lowest BCUT2D eigenvalue weighted by atomic mass is 10.0. The lowest BCUT2D eigenvalue weighted by molar-refractivity contribution is -0.274. The van der Waals surface area contributed by atoms with Gasteiger partial charge in [-0.1, -0.05) is 42.1 Å². The molecule has 0 bridgehead atoms. The van der Waals surface area contributed by atoms with Crippen molar-refractivity contribution in [2.45, 2.75) is 45.0 Å². The molecule has 0 spiro atoms. The second-order valence-electron chi connectivity index (χ2n) is 4.37. The third-order valence-electron chi connectivity index (χ3n) is 2.67. The van der Waals surface area contributed by atoms with Crippen LogP contribution in [-0.2, 0) is 0 Å². The Morgan fingerprint density at radius 3 is 2.53 bits per heavy atom. The number of alkyl halides is 3. The average molecular weight is 340 g/mol. The molecule has 0 aliphatic heterocycles. The van der Waals surface area contributed by atoms with Gasteiger partial charge in [0, 0.05) is 10.5 Å². The maximum absolute atomic E-state index is 12.2. The molecule has 0 aliphatic carbocycles. The van der Waals surface area contributed by atoms with Gasteiger partial charge in [0.2, 0.25) is 0 Å². The summed E-state index contributed by atoms with van der Waals surface area (Å²) in [6.45, 7) is 2.08. The molecule has 0 amide bonds. The molecular weight excluding hydrogens is 323 g/mol. The number of ether oxygens (including phenoxy) is 1. The van der Waals surface area contributed by atoms with Crippen LogP contribution in [0.25, 0.3) is 0 Å². The summed E-state index contributed by atoms with van der Waals surface area (Å²) in [5, 5.41) is 0. The molecule has 1 aromatic rings. The van der Waals surface area contributed by atoms with E-state index in [-0.39, 0.29) is 11.8 Å². The highest BCUT2D eigenvalue weighted by atomic mass is 79.9. The van der Waals surface area contributed by atoms with Crippen LogP contribution in [0.15, 0.2) is 22.7 Å². The predicted molar refractivity (Wildman–Crippen MR) is 71.9 cm³/mol. The summed E-state index contributed by atoms with van der Waals surface area (Å²) in [6, 6.07) is 4.06. The van der Waals surface area contributed by atoms with Gasteiger partial charge in [-0.2, -0.15) is 0 Å². The van der Waals surface area contributed by atoms with Crippen molar-refractivity contribution < 1.29 is 17.9 Å². The minimum Gasteiger partial charge on any atom is -0.406 e. The Morgan fingerprint density at radius 1 is 1.26 bits per heavy atom. The Kier molecular flexibility index (Phi) is 6.13. The molecule has 108 valence electrons. The predicted octanol–water partition coefficient (Wildman–Crippen LogP) is 4.93. The second kappa shape index (κ2) is 7.14. The summed E-state index contributed by atoms with van der Waals surface area (Å²) in [5.74, 6) is -0.247. The molecule has 0 aliphatic rings. The molecule has 1 rings (SSSR count). The zero-order valence-electron chi connectivity index (χ0n) is 10.6. The van der Waals surface area contributed by atoms with Crippen LogP contribution < -0.4 is 10.5 Å². The Labute approximate surface area is 119 Å². The fourth-order valence-electron chi connectivity index (χ4n) is 1.77. The highest BCUT2D eigenvalue weighted by Crippen LogP contribution is 2.30. The summed E-state index contributed by atoms with van der Waals surface area (Å²) in [4.78, 5) is 0. The highest BCUT2D eigenvalue weighted by molar-refractivity contribution is 9.10. The van der Waals surface area contributed by atoms with E-state index in [0.717, 1.165) is 25.7 Å². The van der Waals surface area contributed by atoms with Crippen molar-refractivity contribution in [1.82, 2.24) is 0 Å². The third-order valence-corrected chi connectivity index (χ3v) is 3.13. The smallest absolute Gasteiger partial charge is 0.406 e. The molecule has 1 atom stereocenters. The zero-order valence-corrected chi connectivity index (χ0v) is 12.2. The monoisotopic (exact) mass is 339 g/mol. The summed E-state index contributed by atoms with van der Waals surface area (Å²) in [7, 11) is 0. The van der Waals surface area contributed by atoms with Gasteiger partial charge in [-0.05, 0) is 30.2 Å². The molecule has 6 heteroatoms. The van der Waals surface area contributed by atoms with Gasteiger partial charge in [0.1, 0.15) is 5.75 Å². The molecule has 19 heavy (non-hydrogen) atoms. The molecule has 0 heterocycles. The Bertz CT molecular complexity index is 409. The van der Waals surface area contributed by atoms with E-state index < -0.39 is 6.36 Å². The number of halogens is 4. The Hall–Kier alpha value is -0.750. The molecule has 0 saturated carbocycles. The SMILES string of the molecule is CCCCC[C@H](N)c1cc(Br)cc(OC(F)(F)F)c1. The van der Waals surface area contributed by atoms with Crippen LogP contribution in [0, 0.1) is 0 Å². The first-order chi connectivity index (χ1) is 8.81. The van der Waals surface area contributed by atoms with Gasteiger partial charge in [-0.25, -0.2) is 0 Å². The van der Waals surface area contributed by atoms with Crippen molar-refractivity contribution in [2.24, 2.45) is 5.73 Å². The third kappa shape index (κ3) is 6.29. The first-order valence-electron chi connectivity index (χ1n) is 6.13. The summed E-state index contributed by atoms with van der Waals surface area (Å²) < 4.78 is 41.0. The number of rotatable bonds is 6. The molecule has 0 radical (unpaired) electrons. The minimum atomic E-state index is -4.69. The van der Waals surface area contributed by atoms with Gasteiger partial charge in [0.25, 0.3) is 0 Å². The van der Waals surface area contributed by atoms with Gasteiger partial charge in [0.05, 0.1) is 0 Å². The molecule has 0 fully saturated rings. The number of hydrogen-bond acceptors (Lipinski definition) is 2. The first kappa shape index (κ1) is 16.3. The summed E-state index contributed by atoms with van der Waals surface area (Å²) >= 11 is 3.17. The maximum Gasteiger partial charge on any atom is 0.573 e. The molecule has 1 aromatic carbocycles. The van der Waals surface area contributed by atoms with Crippen molar-refractivity contribution in [3.63, 3.8) is 0 Å². The number of unbranched alkanes of at least 4 members (excludes halogenated alkanes) is 2. The molecule has 0 aromatic heterocycles. The van der Waals surface area contributed by atoms with Crippen LogP contribution in [0.2, 0.25) is 0 Å². The number of hydrogen-bond donors (Lipinski definition) is 1. The van der Waals surface area contributed by atoms with E-state index in [1.165, 1.54) is 12.1 Å². The van der Waals surface area contributed by atoms with Crippen LogP contribution in [0.3, 0.4) is 0 Å². The largest absolute Gasteiger partial charge is 0.573 e. The highest BCUT2D eigenvalue weighted by Gasteiger charge is 2.31. The normalized spacial score (nSPS) is 13.4. The average Bonchev–Trinajstić information content (AvgIpc) is 2.26. The molecule has 2 nitrogen and oxygen atoms in total. The second-order valence-corrected chi connectivity index (χ2v) is 5.29. The van der Waals surface area contributed by atoms with Crippen molar-refractivity contribution in [3.05, 3.63) is 28.2 Å². The molecular formula is C13H17BrF3NO. The van der Waals surface area contributed by atoms with E-state index in [2.05, 4.69) is 27.6 Å². The van der Waals surface area contributed by atoms with Gasteiger partial charge in [-0.3, -0.25) is 0 Å². The summed E-state index contributed by atoms with van der Waals surface area (Å²) in [5.41, 5.74) is 6.62. The van der Waals surface area contributed by atoms with Gasteiger partial charge < -0.3 is 10.5 Å². The molecule has 2 N–H and O–H groups in total. The Balaban J connectivity index is 2.78. The number of benzene rings is 1. The molecule has 0 saturated heterocycles. The van der Waals surface area contributed by atoms with Gasteiger partial charge in [-0.15, -0.1) is 13.2 Å². The quantitative estimate of drug-likeness (QED) is 0.746. The Morgan fingerprint density at radius 2 is 1.95 bits per heavy atom. The van der Waals surface area contributed by atoms with Crippen LogP contribution in [0.1, 0.15) is 44.2 Å². The van der Waals surface area contributed by atoms with E-state index in [0.29, 0.717) is 10.0 Å². The van der Waals surface area contributed by atoms with Crippen LogP contribution >= 0.6 is 15.9 Å². The van der Waals surface area contributed by atoms with Gasteiger partial charge >= 0.3 is 6.36 Å². The van der Waals surface area contributed by atoms with Crippen LogP contribution in [0.5, 0.6) is 5.75 Å². The van der Waals surface area contributed by atoms with Crippen molar-refractivity contribution >= 4 is 15.9 Å². The van der Waals surface area contributed by atoms with Gasteiger partial charge in [0.15, 0.2) is 0 Å². The van der Waals surface area contributed by atoms with Crippen molar-refractivity contribution in [3.8, 4) is 5.75 Å². The lowest BCUT2D eigenvalue weighted by Crippen LogP contribution is -2.18. The topological polar surface area (TPSA) is 35.2 Å². The first-order valence-corrected chi connectivity index (χ1v) is 6.93. The van der Waals surface area contributed by atoms with Crippen LogP contribution in [-0.4, -0.2) is 6.36 Å². The fraction of sp³-hybridized carbons (Fsp3) is 0.538. The van der Waals surface area contributed by atoms with E-state index >= 15 is 0 Å². The van der Waals surface area contributed by atoms with Crippen molar-refractivity contribution in [2.75, 3.05) is 0 Å². The van der Waals surface area contributed by atoms with E-state index in [1.54, 1.807) is 6.07 Å². The van der Waals surface area contributed by atoms with E-state index in [9.17, 15) is 13.2 Å². The lowest BCUT2D eigenvalue weighted by Gasteiger charge is -2.15. The standard InChI is InChI=1S/C13H17BrF3NO/c1-2-3-4-5-12(18)9-6-10(14)8-11(7-9)19-13(15,16)17/h6-8,12H,2-5,18H2,1H3/t12-/m0/s1. The van der Waals surface area contributed by atoms with E-state index in [1.807, 2.05) is 0 Å². The van der Waals surface area contributed by atoms with Crippen LogP contribution in [0.4, 0.5) is 13.2 Å². The molecule has 0 unspecified atom stereocenters. The minimum absolute atomic E-state index is 0.247.